The zero-order valence-corrected chi connectivity index (χ0v) is 11.1. The molecule has 1 aliphatic rings. The first-order chi connectivity index (χ1) is 9.22. The quantitative estimate of drug-likeness (QED) is 0.369. The van der Waals surface area contributed by atoms with Gasteiger partial charge in [-0.05, 0) is 25.3 Å². The molecule has 0 amide bonds. The predicted octanol–water partition coefficient (Wildman–Crippen LogP) is 1.18. The first-order valence-corrected chi connectivity index (χ1v) is 6.47. The molecule has 2 rings (SSSR count). The summed E-state index contributed by atoms with van der Waals surface area (Å²) in [5.74, 6) is 0.0915. The van der Waals surface area contributed by atoms with Crippen LogP contribution in [0.25, 0.3) is 0 Å². The van der Waals surface area contributed by atoms with Crippen molar-refractivity contribution in [2.45, 2.75) is 25.4 Å². The molecule has 1 aromatic heterocycles. The highest BCUT2D eigenvalue weighted by Gasteiger charge is 2.18. The number of hydrogen-bond donors (Lipinski definition) is 2. The fraction of sp³-hybridized carbons (Fsp3) is 0.538. The average molecular weight is 264 g/mol. The third-order valence-corrected chi connectivity index (χ3v) is 3.35. The van der Waals surface area contributed by atoms with Gasteiger partial charge in [-0.25, -0.2) is 0 Å². The molecule has 1 aliphatic heterocycles. The van der Waals surface area contributed by atoms with Crippen LogP contribution in [0.4, 0.5) is 5.69 Å². The number of aromatic nitrogens is 1. The lowest BCUT2D eigenvalue weighted by Crippen LogP contribution is -2.34. The Kier molecular flexibility index (Phi) is 4.57. The Morgan fingerprint density at radius 2 is 2.47 bits per heavy atom. The van der Waals surface area contributed by atoms with Crippen molar-refractivity contribution in [3.63, 3.8) is 0 Å². The maximum absolute atomic E-state index is 8.82. The predicted molar refractivity (Wildman–Crippen MR) is 73.6 cm³/mol. The molecule has 0 radical (unpaired) electrons. The summed E-state index contributed by atoms with van der Waals surface area (Å²) < 4.78 is 5.72. The molecular weight excluding hydrogens is 244 g/mol. The van der Waals surface area contributed by atoms with E-state index in [0.29, 0.717) is 5.56 Å². The summed E-state index contributed by atoms with van der Waals surface area (Å²) >= 11 is 0. The van der Waals surface area contributed by atoms with Crippen molar-refractivity contribution >= 4 is 11.5 Å². The van der Waals surface area contributed by atoms with Crippen LogP contribution in [0.5, 0.6) is 0 Å². The number of ether oxygens (including phenoxy) is 1. The van der Waals surface area contributed by atoms with Crippen molar-refractivity contribution in [1.29, 1.82) is 0 Å². The number of nitrogens with zero attached hydrogens (tertiary/aromatic N) is 3. The summed E-state index contributed by atoms with van der Waals surface area (Å²) in [6.07, 6.45) is 7.00. The van der Waals surface area contributed by atoms with E-state index in [2.05, 4.69) is 10.1 Å². The summed E-state index contributed by atoms with van der Waals surface area (Å²) in [5.41, 5.74) is 7.20. The van der Waals surface area contributed by atoms with Gasteiger partial charge in [0.05, 0.1) is 18.0 Å². The first-order valence-electron chi connectivity index (χ1n) is 6.47. The second-order valence-corrected chi connectivity index (χ2v) is 4.75. The van der Waals surface area contributed by atoms with Crippen molar-refractivity contribution in [3.8, 4) is 0 Å². The van der Waals surface area contributed by atoms with Crippen molar-refractivity contribution in [1.82, 2.24) is 4.98 Å². The lowest BCUT2D eigenvalue weighted by atomic mass is 10.1. The number of anilines is 1. The van der Waals surface area contributed by atoms with E-state index in [1.807, 2.05) is 11.9 Å². The number of pyridine rings is 1. The van der Waals surface area contributed by atoms with Crippen LogP contribution in [0.15, 0.2) is 23.6 Å². The molecule has 1 fully saturated rings. The molecule has 19 heavy (non-hydrogen) atoms. The summed E-state index contributed by atoms with van der Waals surface area (Å²) in [4.78, 5) is 6.14. The lowest BCUT2D eigenvalue weighted by Gasteiger charge is -2.29. The molecule has 0 aromatic carbocycles. The van der Waals surface area contributed by atoms with Gasteiger partial charge in [-0.15, -0.1) is 0 Å². The van der Waals surface area contributed by atoms with Gasteiger partial charge in [0.2, 0.25) is 0 Å². The third kappa shape index (κ3) is 3.35. The number of rotatable bonds is 4. The fourth-order valence-corrected chi connectivity index (χ4v) is 2.32. The van der Waals surface area contributed by atoms with E-state index >= 15 is 0 Å². The Bertz CT molecular complexity index is 444. The Morgan fingerprint density at radius 3 is 3.16 bits per heavy atom. The van der Waals surface area contributed by atoms with E-state index in [9.17, 15) is 0 Å². The monoisotopic (exact) mass is 264 g/mol. The van der Waals surface area contributed by atoms with Crippen molar-refractivity contribution in [2.24, 2.45) is 10.9 Å². The molecule has 104 valence electrons. The molecular formula is C13H20N4O2. The first kappa shape index (κ1) is 13.6. The van der Waals surface area contributed by atoms with E-state index in [4.69, 9.17) is 15.7 Å². The summed E-state index contributed by atoms with van der Waals surface area (Å²) in [6.45, 7) is 1.61. The second-order valence-electron chi connectivity index (χ2n) is 4.75. The maximum atomic E-state index is 8.82. The van der Waals surface area contributed by atoms with E-state index in [1.54, 1.807) is 18.5 Å². The van der Waals surface area contributed by atoms with E-state index in [1.165, 1.54) is 6.42 Å². The Morgan fingerprint density at radius 1 is 1.63 bits per heavy atom. The maximum Gasteiger partial charge on any atom is 0.172 e. The van der Waals surface area contributed by atoms with Gasteiger partial charge in [-0.2, -0.15) is 0 Å². The van der Waals surface area contributed by atoms with Crippen molar-refractivity contribution in [2.75, 3.05) is 25.1 Å². The number of amidine groups is 1. The van der Waals surface area contributed by atoms with Gasteiger partial charge >= 0.3 is 0 Å². The summed E-state index contributed by atoms with van der Waals surface area (Å²) in [7, 11) is 1.96. The molecule has 0 saturated carbocycles. The SMILES string of the molecule is CN(CC1CCCCO1)c1cnccc1/C(N)=N/O. The molecule has 6 heteroatoms. The van der Waals surface area contributed by atoms with Gasteiger partial charge in [0, 0.05) is 32.0 Å². The van der Waals surface area contributed by atoms with Gasteiger partial charge < -0.3 is 20.6 Å². The minimum Gasteiger partial charge on any atom is -0.409 e. The average Bonchev–Trinajstić information content (AvgIpc) is 2.47. The molecule has 1 unspecified atom stereocenters. The number of hydrogen-bond acceptors (Lipinski definition) is 5. The largest absolute Gasteiger partial charge is 0.409 e. The highest BCUT2D eigenvalue weighted by molar-refractivity contribution is 6.01. The minimum absolute atomic E-state index is 0.0915. The molecule has 0 bridgehead atoms. The number of oxime groups is 1. The normalized spacial score (nSPS) is 20.3. The zero-order chi connectivity index (χ0) is 13.7. The van der Waals surface area contributed by atoms with Crippen LogP contribution >= 0.6 is 0 Å². The molecule has 0 aliphatic carbocycles. The highest BCUT2D eigenvalue weighted by atomic mass is 16.5. The topological polar surface area (TPSA) is 84.0 Å². The second kappa shape index (κ2) is 6.38. The Labute approximate surface area is 112 Å². The highest BCUT2D eigenvalue weighted by Crippen LogP contribution is 2.20. The minimum atomic E-state index is 0.0915. The summed E-state index contributed by atoms with van der Waals surface area (Å²) in [6, 6.07) is 1.74. The van der Waals surface area contributed by atoms with Crippen LogP contribution in [-0.2, 0) is 4.74 Å². The van der Waals surface area contributed by atoms with Crippen LogP contribution in [0.3, 0.4) is 0 Å². The van der Waals surface area contributed by atoms with Crippen molar-refractivity contribution in [3.05, 3.63) is 24.0 Å². The van der Waals surface area contributed by atoms with Crippen LogP contribution in [-0.4, -0.2) is 42.3 Å². The lowest BCUT2D eigenvalue weighted by molar-refractivity contribution is 0.0216. The van der Waals surface area contributed by atoms with Gasteiger partial charge in [0.15, 0.2) is 5.84 Å². The van der Waals surface area contributed by atoms with Crippen molar-refractivity contribution < 1.29 is 9.94 Å². The molecule has 0 spiro atoms. The van der Waals surface area contributed by atoms with E-state index in [-0.39, 0.29) is 11.9 Å². The smallest absolute Gasteiger partial charge is 0.172 e. The Hall–Kier alpha value is -1.82. The van der Waals surface area contributed by atoms with Gasteiger partial charge in [0.25, 0.3) is 0 Å². The molecule has 1 atom stereocenters. The molecule has 3 N–H and O–H groups in total. The third-order valence-electron chi connectivity index (χ3n) is 3.35. The summed E-state index contributed by atoms with van der Waals surface area (Å²) in [5, 5.41) is 11.9. The number of likely N-dealkylation sites (N-methyl/N-ethyl adjacent to an activating group) is 1. The van der Waals surface area contributed by atoms with Gasteiger partial charge in [-0.1, -0.05) is 5.16 Å². The molecule has 2 heterocycles. The fourth-order valence-electron chi connectivity index (χ4n) is 2.32. The zero-order valence-electron chi connectivity index (χ0n) is 11.1. The van der Waals surface area contributed by atoms with Gasteiger partial charge in [-0.3, -0.25) is 4.98 Å². The van der Waals surface area contributed by atoms with Crippen LogP contribution in [0.2, 0.25) is 0 Å². The van der Waals surface area contributed by atoms with Gasteiger partial charge in [0.1, 0.15) is 0 Å². The van der Waals surface area contributed by atoms with E-state index in [0.717, 1.165) is 31.7 Å². The molecule has 1 aromatic rings. The molecule has 1 saturated heterocycles. The molecule has 6 nitrogen and oxygen atoms in total. The van der Waals surface area contributed by atoms with Crippen LogP contribution < -0.4 is 10.6 Å². The number of nitrogens with two attached hydrogens (primary N) is 1. The van der Waals surface area contributed by atoms with Crippen LogP contribution in [0, 0.1) is 0 Å². The van der Waals surface area contributed by atoms with E-state index < -0.39 is 0 Å². The van der Waals surface area contributed by atoms with Crippen LogP contribution in [0.1, 0.15) is 24.8 Å². The standard InChI is InChI=1S/C13H20N4O2/c1-17(9-10-4-2-3-7-19-10)12-8-15-6-5-11(12)13(14)16-18/h5-6,8,10,18H,2-4,7,9H2,1H3,(H2,14,16). The Balaban J connectivity index is 2.11.